The SMILES string of the molecule is Nc1ccc(C(O)CNCC2CCc3cc(-c4cccc(C(=O)O)c4)ccc3O2)cn1. The molecule has 0 amide bonds. The van der Waals surface area contributed by atoms with Gasteiger partial charge in [-0.15, -0.1) is 0 Å². The molecule has 7 nitrogen and oxygen atoms in total. The summed E-state index contributed by atoms with van der Waals surface area (Å²) < 4.78 is 6.12. The van der Waals surface area contributed by atoms with E-state index in [1.54, 1.807) is 36.5 Å². The van der Waals surface area contributed by atoms with E-state index in [1.165, 1.54) is 0 Å². The summed E-state index contributed by atoms with van der Waals surface area (Å²) in [6, 6.07) is 16.3. The Morgan fingerprint density at radius 1 is 1.19 bits per heavy atom. The third kappa shape index (κ3) is 5.02. The molecule has 0 saturated heterocycles. The van der Waals surface area contributed by atoms with Gasteiger partial charge >= 0.3 is 5.97 Å². The zero-order valence-electron chi connectivity index (χ0n) is 17.0. The van der Waals surface area contributed by atoms with Crippen LogP contribution in [0.2, 0.25) is 0 Å². The van der Waals surface area contributed by atoms with Crippen molar-refractivity contribution in [3.8, 4) is 16.9 Å². The second-order valence-corrected chi connectivity index (χ2v) is 7.68. The Bertz CT molecular complexity index is 1070. The van der Waals surface area contributed by atoms with Gasteiger partial charge < -0.3 is 26.0 Å². The quantitative estimate of drug-likeness (QED) is 0.465. The average molecular weight is 419 g/mol. The number of aliphatic hydroxyl groups is 1. The van der Waals surface area contributed by atoms with Crippen LogP contribution in [-0.2, 0) is 6.42 Å². The smallest absolute Gasteiger partial charge is 0.335 e. The average Bonchev–Trinajstić information content (AvgIpc) is 2.79. The van der Waals surface area contributed by atoms with E-state index in [0.29, 0.717) is 18.9 Å². The van der Waals surface area contributed by atoms with E-state index in [2.05, 4.69) is 16.4 Å². The summed E-state index contributed by atoms with van der Waals surface area (Å²) in [6.07, 6.45) is 2.67. The number of carboxylic acid groups (broad SMARTS) is 1. The number of rotatable bonds is 7. The van der Waals surface area contributed by atoms with E-state index in [-0.39, 0.29) is 11.7 Å². The molecule has 2 aromatic carbocycles. The molecule has 0 spiro atoms. The van der Waals surface area contributed by atoms with Crippen LogP contribution in [0.25, 0.3) is 11.1 Å². The number of nitrogens with zero attached hydrogens (tertiary/aromatic N) is 1. The van der Waals surface area contributed by atoms with Crippen molar-refractivity contribution in [3.63, 3.8) is 0 Å². The number of nitrogen functional groups attached to an aromatic ring is 1. The highest BCUT2D eigenvalue weighted by molar-refractivity contribution is 5.89. The van der Waals surface area contributed by atoms with E-state index >= 15 is 0 Å². The highest BCUT2D eigenvalue weighted by atomic mass is 16.5. The number of nitrogens with two attached hydrogens (primary N) is 1. The topological polar surface area (TPSA) is 118 Å². The zero-order chi connectivity index (χ0) is 21.8. The maximum Gasteiger partial charge on any atom is 0.335 e. The number of nitrogens with one attached hydrogen (secondary N) is 1. The Labute approximate surface area is 180 Å². The fourth-order valence-corrected chi connectivity index (χ4v) is 3.71. The number of carboxylic acids is 1. The molecular formula is C24H25N3O4. The molecule has 7 heteroatoms. The number of hydrogen-bond acceptors (Lipinski definition) is 6. The third-order valence-electron chi connectivity index (χ3n) is 5.44. The lowest BCUT2D eigenvalue weighted by Crippen LogP contribution is -2.36. The molecule has 0 saturated carbocycles. The van der Waals surface area contributed by atoms with Gasteiger partial charge in [0.1, 0.15) is 17.7 Å². The van der Waals surface area contributed by atoms with Crippen LogP contribution < -0.4 is 15.8 Å². The molecule has 4 rings (SSSR count). The maximum absolute atomic E-state index is 11.2. The predicted molar refractivity (Wildman–Crippen MR) is 118 cm³/mol. The molecule has 1 aromatic heterocycles. The number of ether oxygens (including phenoxy) is 1. The fraction of sp³-hybridized carbons (Fsp3) is 0.250. The highest BCUT2D eigenvalue weighted by Gasteiger charge is 2.20. The molecule has 3 aromatic rings. The van der Waals surface area contributed by atoms with Gasteiger partial charge in [-0.2, -0.15) is 0 Å². The molecule has 0 fully saturated rings. The standard InChI is InChI=1S/C24H25N3O4/c25-23-9-6-19(12-27-23)21(28)14-26-13-20-7-4-17-10-16(5-8-22(17)31-20)15-2-1-3-18(11-15)24(29)30/h1-3,5-6,8-12,20-21,26,28H,4,7,13-14H2,(H2,25,27)(H,29,30). The Morgan fingerprint density at radius 2 is 2.03 bits per heavy atom. The van der Waals surface area contributed by atoms with E-state index < -0.39 is 12.1 Å². The van der Waals surface area contributed by atoms with Crippen LogP contribution in [0.1, 0.15) is 34.0 Å². The molecule has 2 atom stereocenters. The minimum absolute atomic E-state index is 0.0189. The number of aromatic carboxylic acids is 1. The van der Waals surface area contributed by atoms with Gasteiger partial charge in [0.25, 0.3) is 0 Å². The summed E-state index contributed by atoms with van der Waals surface area (Å²) in [5.74, 6) is 0.340. The first-order valence-corrected chi connectivity index (χ1v) is 10.2. The first kappa shape index (κ1) is 20.8. The van der Waals surface area contributed by atoms with Gasteiger partial charge in [-0.3, -0.25) is 0 Å². The van der Waals surface area contributed by atoms with Crippen molar-refractivity contribution >= 4 is 11.8 Å². The van der Waals surface area contributed by atoms with Crippen LogP contribution in [0, 0.1) is 0 Å². The van der Waals surface area contributed by atoms with Gasteiger partial charge in [0, 0.05) is 24.8 Å². The number of anilines is 1. The molecule has 2 heterocycles. The van der Waals surface area contributed by atoms with Gasteiger partial charge in [-0.25, -0.2) is 9.78 Å². The second kappa shape index (κ2) is 9.16. The minimum atomic E-state index is -0.934. The first-order valence-electron chi connectivity index (χ1n) is 10.2. The molecule has 0 aliphatic carbocycles. The summed E-state index contributed by atoms with van der Waals surface area (Å²) in [5.41, 5.74) is 9.53. The summed E-state index contributed by atoms with van der Waals surface area (Å²) in [4.78, 5) is 15.2. The number of aliphatic hydroxyl groups excluding tert-OH is 1. The normalized spacial score (nSPS) is 16.2. The van der Waals surface area contributed by atoms with Crippen molar-refractivity contribution in [1.82, 2.24) is 10.3 Å². The summed E-state index contributed by atoms with van der Waals surface area (Å²) in [5, 5.41) is 22.7. The zero-order valence-corrected chi connectivity index (χ0v) is 17.0. The monoisotopic (exact) mass is 419 g/mol. The van der Waals surface area contributed by atoms with Crippen molar-refractivity contribution in [2.75, 3.05) is 18.8 Å². The number of carbonyl (C=O) groups is 1. The van der Waals surface area contributed by atoms with Crippen molar-refractivity contribution in [1.29, 1.82) is 0 Å². The van der Waals surface area contributed by atoms with E-state index in [0.717, 1.165) is 40.8 Å². The highest BCUT2D eigenvalue weighted by Crippen LogP contribution is 2.32. The van der Waals surface area contributed by atoms with Crippen LogP contribution in [0.4, 0.5) is 5.82 Å². The Hall–Kier alpha value is -3.42. The van der Waals surface area contributed by atoms with Crippen LogP contribution in [-0.4, -0.2) is 40.4 Å². The Morgan fingerprint density at radius 3 is 2.81 bits per heavy atom. The molecule has 1 aliphatic heterocycles. The van der Waals surface area contributed by atoms with Crippen LogP contribution in [0.15, 0.2) is 60.8 Å². The maximum atomic E-state index is 11.2. The van der Waals surface area contributed by atoms with Gasteiger partial charge in [0.05, 0.1) is 11.7 Å². The number of benzene rings is 2. The molecule has 0 bridgehead atoms. The van der Waals surface area contributed by atoms with Crippen molar-refractivity contribution in [2.24, 2.45) is 0 Å². The van der Waals surface area contributed by atoms with Gasteiger partial charge in [0.15, 0.2) is 0 Å². The predicted octanol–water partition coefficient (Wildman–Crippen LogP) is 3.05. The van der Waals surface area contributed by atoms with Gasteiger partial charge in [0.2, 0.25) is 0 Å². The number of aryl methyl sites for hydroxylation is 1. The third-order valence-corrected chi connectivity index (χ3v) is 5.44. The summed E-state index contributed by atoms with van der Waals surface area (Å²) in [6.45, 7) is 1.03. The number of aromatic nitrogens is 1. The lowest BCUT2D eigenvalue weighted by atomic mass is 9.96. The molecule has 0 radical (unpaired) electrons. The van der Waals surface area contributed by atoms with Crippen molar-refractivity contribution in [3.05, 3.63) is 77.5 Å². The molecule has 31 heavy (non-hydrogen) atoms. The fourth-order valence-electron chi connectivity index (χ4n) is 3.71. The number of hydrogen-bond donors (Lipinski definition) is 4. The van der Waals surface area contributed by atoms with Gasteiger partial charge in [-0.05, 0) is 59.9 Å². The molecule has 1 aliphatic rings. The summed E-state index contributed by atoms with van der Waals surface area (Å²) >= 11 is 0. The molecule has 2 unspecified atom stereocenters. The summed E-state index contributed by atoms with van der Waals surface area (Å²) in [7, 11) is 0. The molecular weight excluding hydrogens is 394 g/mol. The van der Waals surface area contributed by atoms with Crippen LogP contribution >= 0.6 is 0 Å². The lowest BCUT2D eigenvalue weighted by Gasteiger charge is -2.27. The minimum Gasteiger partial charge on any atom is -0.489 e. The Kier molecular flexibility index (Phi) is 6.16. The van der Waals surface area contributed by atoms with Crippen LogP contribution in [0.3, 0.4) is 0 Å². The number of pyridine rings is 1. The molecule has 160 valence electrons. The second-order valence-electron chi connectivity index (χ2n) is 7.68. The van der Waals surface area contributed by atoms with Gasteiger partial charge in [-0.1, -0.05) is 24.3 Å². The first-order chi connectivity index (χ1) is 15.0. The lowest BCUT2D eigenvalue weighted by molar-refractivity contribution is 0.0697. The van der Waals surface area contributed by atoms with E-state index in [1.807, 2.05) is 18.2 Å². The Balaban J connectivity index is 1.34. The largest absolute Gasteiger partial charge is 0.489 e. The molecule has 5 N–H and O–H groups in total. The van der Waals surface area contributed by atoms with Crippen molar-refractivity contribution in [2.45, 2.75) is 25.0 Å². The number of fused-ring (bicyclic) bond motifs is 1. The van der Waals surface area contributed by atoms with E-state index in [4.69, 9.17) is 10.5 Å². The van der Waals surface area contributed by atoms with Crippen molar-refractivity contribution < 1.29 is 19.7 Å². The van der Waals surface area contributed by atoms with Crippen LogP contribution in [0.5, 0.6) is 5.75 Å². The van der Waals surface area contributed by atoms with E-state index in [9.17, 15) is 15.0 Å².